The van der Waals surface area contributed by atoms with Gasteiger partial charge in [-0.05, 0) is 19.1 Å². The molecule has 0 saturated carbocycles. The third-order valence-corrected chi connectivity index (χ3v) is 4.20. The predicted molar refractivity (Wildman–Crippen MR) is 73.1 cm³/mol. The van der Waals surface area contributed by atoms with Crippen molar-refractivity contribution in [3.63, 3.8) is 0 Å². The molecule has 1 aromatic rings. The molecule has 0 spiro atoms. The van der Waals surface area contributed by atoms with E-state index in [0.29, 0.717) is 10.8 Å². The quantitative estimate of drug-likeness (QED) is 0.880. The summed E-state index contributed by atoms with van der Waals surface area (Å²) in [4.78, 5) is 2.25. The second kappa shape index (κ2) is 5.27. The first kappa shape index (κ1) is 12.7. The van der Waals surface area contributed by atoms with E-state index in [2.05, 4.69) is 11.8 Å². The van der Waals surface area contributed by atoms with Gasteiger partial charge in [0.1, 0.15) is 5.82 Å². The van der Waals surface area contributed by atoms with Gasteiger partial charge in [-0.15, -0.1) is 0 Å². The van der Waals surface area contributed by atoms with Crippen molar-refractivity contribution in [2.24, 2.45) is 5.73 Å². The van der Waals surface area contributed by atoms with Crippen LogP contribution in [0.4, 0.5) is 10.1 Å². The smallest absolute Gasteiger partial charge is 0.130 e. The van der Waals surface area contributed by atoms with Crippen molar-refractivity contribution in [2.75, 3.05) is 23.7 Å². The van der Waals surface area contributed by atoms with E-state index in [1.165, 1.54) is 6.07 Å². The van der Waals surface area contributed by atoms with Crippen molar-refractivity contribution in [3.8, 4) is 0 Å². The molecule has 1 fully saturated rings. The Balaban J connectivity index is 2.34. The van der Waals surface area contributed by atoms with Crippen molar-refractivity contribution in [2.45, 2.75) is 25.1 Å². The summed E-state index contributed by atoms with van der Waals surface area (Å²) in [6.45, 7) is 5.98. The van der Waals surface area contributed by atoms with Crippen molar-refractivity contribution in [1.82, 2.24) is 0 Å². The molecule has 1 aliphatic rings. The largest absolute Gasteiger partial charge is 0.369 e. The van der Waals surface area contributed by atoms with Gasteiger partial charge in [-0.2, -0.15) is 11.8 Å². The number of hydrogen-bond acceptors (Lipinski definition) is 3. The first-order valence-electron chi connectivity index (χ1n) is 6.00. The van der Waals surface area contributed by atoms with Crippen molar-refractivity contribution in [3.05, 3.63) is 29.6 Å². The van der Waals surface area contributed by atoms with E-state index in [9.17, 15) is 4.39 Å². The number of benzene rings is 1. The zero-order valence-corrected chi connectivity index (χ0v) is 11.1. The van der Waals surface area contributed by atoms with Crippen LogP contribution in [-0.4, -0.2) is 24.1 Å². The Hall–Kier alpha value is -0.740. The molecule has 4 heteroatoms. The summed E-state index contributed by atoms with van der Waals surface area (Å²) in [5, 5.41) is 0.591. The number of anilines is 1. The van der Waals surface area contributed by atoms with Crippen LogP contribution in [0.2, 0.25) is 0 Å². The Morgan fingerprint density at radius 2 is 2.29 bits per heavy atom. The average molecular weight is 254 g/mol. The molecule has 94 valence electrons. The summed E-state index contributed by atoms with van der Waals surface area (Å²) in [7, 11) is 0. The molecule has 1 aromatic carbocycles. The van der Waals surface area contributed by atoms with E-state index in [0.717, 1.165) is 24.5 Å². The van der Waals surface area contributed by atoms with E-state index in [1.54, 1.807) is 6.07 Å². The Kier molecular flexibility index (Phi) is 3.94. The normalized spacial score (nSPS) is 22.6. The summed E-state index contributed by atoms with van der Waals surface area (Å²) < 4.78 is 13.8. The lowest BCUT2D eigenvalue weighted by molar-refractivity contribution is 0.591. The lowest BCUT2D eigenvalue weighted by Crippen LogP contribution is -2.37. The molecule has 17 heavy (non-hydrogen) atoms. The summed E-state index contributed by atoms with van der Waals surface area (Å²) in [5.41, 5.74) is 7.49. The van der Waals surface area contributed by atoms with Gasteiger partial charge in [0.15, 0.2) is 0 Å². The van der Waals surface area contributed by atoms with E-state index < -0.39 is 0 Å². The molecule has 1 aliphatic heterocycles. The van der Waals surface area contributed by atoms with Crippen molar-refractivity contribution in [1.29, 1.82) is 0 Å². The highest BCUT2D eigenvalue weighted by Crippen LogP contribution is 2.31. The molecule has 2 nitrogen and oxygen atoms in total. The van der Waals surface area contributed by atoms with Crippen LogP contribution in [0.5, 0.6) is 0 Å². The molecule has 0 radical (unpaired) electrons. The molecule has 2 atom stereocenters. The summed E-state index contributed by atoms with van der Waals surface area (Å²) >= 11 is 1.97. The van der Waals surface area contributed by atoms with Crippen molar-refractivity contribution >= 4 is 17.4 Å². The lowest BCUT2D eigenvalue weighted by atomic mass is 10.0. The highest BCUT2D eigenvalue weighted by molar-refractivity contribution is 8.00. The number of rotatable bonds is 2. The van der Waals surface area contributed by atoms with Gasteiger partial charge in [-0.25, -0.2) is 4.39 Å². The SMILES string of the molecule is CC1CN(c2cccc(F)c2[C@H](C)N)CCS1. The topological polar surface area (TPSA) is 29.3 Å². The molecular weight excluding hydrogens is 235 g/mol. The number of nitrogens with two attached hydrogens (primary N) is 1. The molecule has 0 aliphatic carbocycles. The first-order chi connectivity index (χ1) is 8.09. The van der Waals surface area contributed by atoms with Gasteiger partial charge in [-0.3, -0.25) is 0 Å². The minimum atomic E-state index is -0.268. The van der Waals surface area contributed by atoms with Crippen LogP contribution in [-0.2, 0) is 0 Å². The monoisotopic (exact) mass is 254 g/mol. The van der Waals surface area contributed by atoms with Crippen LogP contribution >= 0.6 is 11.8 Å². The van der Waals surface area contributed by atoms with Crippen LogP contribution in [0.15, 0.2) is 18.2 Å². The standard InChI is InChI=1S/C13H19FN2S/c1-9-8-16(6-7-17-9)12-5-3-4-11(14)13(12)10(2)15/h3-5,9-10H,6-8,15H2,1-2H3/t9?,10-/m0/s1. The number of thioether (sulfide) groups is 1. The van der Waals surface area contributed by atoms with Gasteiger partial charge in [0.25, 0.3) is 0 Å². The highest BCUT2D eigenvalue weighted by Gasteiger charge is 2.22. The van der Waals surface area contributed by atoms with Crippen LogP contribution in [0, 0.1) is 5.82 Å². The van der Waals surface area contributed by atoms with Crippen LogP contribution in [0.1, 0.15) is 25.5 Å². The molecule has 2 rings (SSSR count). The highest BCUT2D eigenvalue weighted by atomic mass is 32.2. The maximum Gasteiger partial charge on any atom is 0.130 e. The maximum absolute atomic E-state index is 13.8. The summed E-state index contributed by atoms with van der Waals surface area (Å²) in [6, 6.07) is 4.97. The van der Waals surface area contributed by atoms with Crippen LogP contribution < -0.4 is 10.6 Å². The molecule has 1 unspecified atom stereocenters. The fraction of sp³-hybridized carbons (Fsp3) is 0.538. The van der Waals surface area contributed by atoms with Crippen molar-refractivity contribution < 1.29 is 4.39 Å². The third-order valence-electron chi connectivity index (χ3n) is 3.07. The van der Waals surface area contributed by atoms with Gasteiger partial charge < -0.3 is 10.6 Å². The zero-order valence-electron chi connectivity index (χ0n) is 10.3. The van der Waals surface area contributed by atoms with E-state index >= 15 is 0 Å². The minimum absolute atomic E-state index is 0.191. The zero-order chi connectivity index (χ0) is 12.4. The van der Waals surface area contributed by atoms with E-state index in [4.69, 9.17) is 5.73 Å². The second-order valence-electron chi connectivity index (χ2n) is 4.59. The Labute approximate surface area is 106 Å². The Morgan fingerprint density at radius 1 is 1.53 bits per heavy atom. The Bertz CT molecular complexity index is 395. The van der Waals surface area contributed by atoms with Gasteiger partial charge in [0.2, 0.25) is 0 Å². The Morgan fingerprint density at radius 3 is 2.94 bits per heavy atom. The molecule has 1 saturated heterocycles. The molecule has 1 heterocycles. The average Bonchev–Trinajstić information content (AvgIpc) is 2.28. The first-order valence-corrected chi connectivity index (χ1v) is 7.05. The lowest BCUT2D eigenvalue weighted by Gasteiger charge is -2.34. The molecule has 0 aromatic heterocycles. The van der Waals surface area contributed by atoms with Gasteiger partial charge in [-0.1, -0.05) is 13.0 Å². The maximum atomic E-state index is 13.8. The molecule has 0 bridgehead atoms. The van der Waals surface area contributed by atoms with Gasteiger partial charge in [0.05, 0.1) is 0 Å². The van der Waals surface area contributed by atoms with E-state index in [-0.39, 0.29) is 11.9 Å². The number of nitrogens with zero attached hydrogens (tertiary/aromatic N) is 1. The molecular formula is C13H19FN2S. The second-order valence-corrected chi connectivity index (χ2v) is 6.14. The number of halogens is 1. The number of hydrogen-bond donors (Lipinski definition) is 1. The van der Waals surface area contributed by atoms with Crippen LogP contribution in [0.25, 0.3) is 0 Å². The predicted octanol–water partition coefficient (Wildman–Crippen LogP) is 2.79. The third kappa shape index (κ3) is 2.75. The minimum Gasteiger partial charge on any atom is -0.369 e. The fourth-order valence-electron chi connectivity index (χ4n) is 2.29. The van der Waals surface area contributed by atoms with Gasteiger partial charge >= 0.3 is 0 Å². The van der Waals surface area contributed by atoms with Gasteiger partial charge in [0, 0.05) is 41.4 Å². The fourth-order valence-corrected chi connectivity index (χ4v) is 3.30. The molecule has 2 N–H and O–H groups in total. The molecule has 0 amide bonds. The summed E-state index contributed by atoms with van der Waals surface area (Å²) in [5.74, 6) is 0.902. The van der Waals surface area contributed by atoms with E-state index in [1.807, 2.05) is 24.8 Å². The van der Waals surface area contributed by atoms with Crippen LogP contribution in [0.3, 0.4) is 0 Å². The summed E-state index contributed by atoms with van der Waals surface area (Å²) in [6.07, 6.45) is 0.